The van der Waals surface area contributed by atoms with E-state index in [1.165, 1.54) is 0 Å². The lowest BCUT2D eigenvalue weighted by molar-refractivity contribution is -0.384. The highest BCUT2D eigenvalue weighted by Gasteiger charge is 2.22. The average molecular weight is 302 g/mol. The monoisotopic (exact) mass is 302 g/mol. The molecule has 0 heterocycles. The van der Waals surface area contributed by atoms with Crippen molar-refractivity contribution in [2.75, 3.05) is 17.3 Å². The van der Waals surface area contributed by atoms with Gasteiger partial charge in [-0.05, 0) is 25.4 Å². The molecule has 8 heteroatoms. The Morgan fingerprint density at radius 2 is 2.25 bits per heavy atom. The Morgan fingerprint density at radius 3 is 2.75 bits per heavy atom. The third-order valence-electron chi connectivity index (χ3n) is 2.67. The van der Waals surface area contributed by atoms with Gasteiger partial charge in [-0.1, -0.05) is 0 Å². The van der Waals surface area contributed by atoms with Crippen LogP contribution in [0.4, 0.5) is 15.8 Å². The molecule has 1 unspecified atom stereocenters. The molecule has 0 fully saturated rings. The molecular weight excluding hydrogens is 287 g/mol. The van der Waals surface area contributed by atoms with Gasteiger partial charge in [0.2, 0.25) is 0 Å². The van der Waals surface area contributed by atoms with Gasteiger partial charge >= 0.3 is 5.97 Å². The maximum Gasteiger partial charge on any atom is 0.338 e. The number of nitro benzene ring substituents is 1. The number of carbonyl (C=O) groups is 1. The van der Waals surface area contributed by atoms with E-state index < -0.39 is 28.0 Å². The molecule has 0 aliphatic rings. The number of aromatic carboxylic acids is 1. The molecule has 0 aliphatic carbocycles. The average Bonchev–Trinajstić information content (AvgIpc) is 2.35. The highest BCUT2D eigenvalue weighted by molar-refractivity contribution is 7.98. The number of halogens is 1. The molecule has 1 rings (SSSR count). The smallest absolute Gasteiger partial charge is 0.338 e. The van der Waals surface area contributed by atoms with Crippen molar-refractivity contribution in [3.63, 3.8) is 0 Å². The lowest BCUT2D eigenvalue weighted by Crippen LogP contribution is -2.17. The summed E-state index contributed by atoms with van der Waals surface area (Å²) in [6.45, 7) is 1.82. The molecule has 6 nitrogen and oxygen atoms in total. The van der Waals surface area contributed by atoms with Crippen molar-refractivity contribution < 1.29 is 19.2 Å². The third kappa shape index (κ3) is 4.09. The fourth-order valence-electron chi connectivity index (χ4n) is 1.62. The zero-order valence-corrected chi connectivity index (χ0v) is 11.9. The van der Waals surface area contributed by atoms with Crippen LogP contribution in [0.25, 0.3) is 0 Å². The van der Waals surface area contributed by atoms with Crippen molar-refractivity contribution in [3.05, 3.63) is 33.6 Å². The van der Waals surface area contributed by atoms with Crippen molar-refractivity contribution in [1.82, 2.24) is 0 Å². The van der Waals surface area contributed by atoms with E-state index in [0.29, 0.717) is 0 Å². The van der Waals surface area contributed by atoms with Crippen LogP contribution in [-0.2, 0) is 0 Å². The van der Waals surface area contributed by atoms with Gasteiger partial charge in [-0.3, -0.25) is 10.1 Å². The molecular formula is C12H15FN2O4S. The van der Waals surface area contributed by atoms with Gasteiger partial charge in [-0.25, -0.2) is 9.18 Å². The van der Waals surface area contributed by atoms with Gasteiger partial charge in [0.25, 0.3) is 5.69 Å². The Kier molecular flexibility index (Phi) is 5.75. The number of nitro groups is 1. The molecule has 0 saturated heterocycles. The number of benzene rings is 1. The zero-order valence-electron chi connectivity index (χ0n) is 11.1. The number of thioether (sulfide) groups is 1. The summed E-state index contributed by atoms with van der Waals surface area (Å²) in [6.07, 6.45) is 2.69. The summed E-state index contributed by atoms with van der Waals surface area (Å²) >= 11 is 1.63. The molecule has 1 aromatic carbocycles. The molecule has 1 aromatic rings. The number of carboxylic acid groups (broad SMARTS) is 1. The van der Waals surface area contributed by atoms with Crippen molar-refractivity contribution in [1.29, 1.82) is 0 Å². The summed E-state index contributed by atoms with van der Waals surface area (Å²) < 4.78 is 13.6. The van der Waals surface area contributed by atoms with E-state index in [1.54, 1.807) is 11.8 Å². The highest BCUT2D eigenvalue weighted by atomic mass is 32.2. The van der Waals surface area contributed by atoms with Gasteiger partial charge in [0.1, 0.15) is 17.1 Å². The number of nitrogens with zero attached hydrogens (tertiary/aromatic N) is 1. The van der Waals surface area contributed by atoms with Crippen LogP contribution < -0.4 is 5.32 Å². The van der Waals surface area contributed by atoms with Crippen LogP contribution in [0.3, 0.4) is 0 Å². The molecule has 0 spiro atoms. The second kappa shape index (κ2) is 7.09. The summed E-state index contributed by atoms with van der Waals surface area (Å²) in [7, 11) is 0. The van der Waals surface area contributed by atoms with Gasteiger partial charge in [0.05, 0.1) is 4.92 Å². The molecule has 20 heavy (non-hydrogen) atoms. The van der Waals surface area contributed by atoms with Crippen molar-refractivity contribution in [2.45, 2.75) is 19.4 Å². The molecule has 2 N–H and O–H groups in total. The van der Waals surface area contributed by atoms with Crippen LogP contribution in [0, 0.1) is 15.9 Å². The largest absolute Gasteiger partial charge is 0.478 e. The maximum absolute atomic E-state index is 13.6. The summed E-state index contributed by atoms with van der Waals surface area (Å²) in [5.74, 6) is -1.67. The van der Waals surface area contributed by atoms with E-state index in [1.807, 2.05) is 13.2 Å². The minimum atomic E-state index is -1.53. The van der Waals surface area contributed by atoms with Crippen molar-refractivity contribution >= 4 is 29.1 Å². The fourth-order valence-corrected chi connectivity index (χ4v) is 2.21. The number of hydrogen-bond acceptors (Lipinski definition) is 5. The Bertz CT molecular complexity index is 524. The van der Waals surface area contributed by atoms with Crippen LogP contribution in [0.2, 0.25) is 0 Å². The van der Waals surface area contributed by atoms with Crippen LogP contribution >= 0.6 is 11.8 Å². The quantitative estimate of drug-likeness (QED) is 0.594. The number of anilines is 1. The Labute approximate surface area is 119 Å². The zero-order chi connectivity index (χ0) is 15.3. The second-order valence-electron chi connectivity index (χ2n) is 4.24. The van der Waals surface area contributed by atoms with Crippen LogP contribution in [0.15, 0.2) is 12.1 Å². The second-order valence-corrected chi connectivity index (χ2v) is 5.22. The number of nitrogens with one attached hydrogen (secondary N) is 1. The van der Waals surface area contributed by atoms with Gasteiger partial charge < -0.3 is 10.4 Å². The van der Waals surface area contributed by atoms with Gasteiger partial charge in [0.15, 0.2) is 0 Å². The molecule has 0 aromatic heterocycles. The molecule has 0 radical (unpaired) electrons. The van der Waals surface area contributed by atoms with E-state index in [0.717, 1.165) is 24.3 Å². The molecule has 0 saturated carbocycles. The minimum absolute atomic E-state index is 0.00824. The summed E-state index contributed by atoms with van der Waals surface area (Å²) in [5, 5.41) is 22.6. The predicted molar refractivity (Wildman–Crippen MR) is 76.1 cm³/mol. The van der Waals surface area contributed by atoms with Crippen molar-refractivity contribution in [2.24, 2.45) is 0 Å². The molecule has 110 valence electrons. The number of carboxylic acids is 1. The summed E-state index contributed by atoms with van der Waals surface area (Å²) in [5.41, 5.74) is -1.16. The SMILES string of the molecule is CSCCC(C)Nc1cc(F)c(C(=O)O)cc1[N+](=O)[O-]. The Morgan fingerprint density at radius 1 is 1.60 bits per heavy atom. The Hall–Kier alpha value is -1.83. The summed E-state index contributed by atoms with van der Waals surface area (Å²) in [4.78, 5) is 21.0. The van der Waals surface area contributed by atoms with Crippen LogP contribution in [0.5, 0.6) is 0 Å². The van der Waals surface area contributed by atoms with Gasteiger partial charge in [0, 0.05) is 18.2 Å². The molecule has 0 bridgehead atoms. The minimum Gasteiger partial charge on any atom is -0.478 e. The first-order chi connectivity index (χ1) is 9.36. The topological polar surface area (TPSA) is 92.5 Å². The standard InChI is InChI=1S/C12H15FN2O4S/c1-7(3-4-20-2)14-10-6-9(13)8(12(16)17)5-11(10)15(18)19/h5-7,14H,3-4H2,1-2H3,(H,16,17). The van der Waals surface area contributed by atoms with Gasteiger partial charge in [-0.15, -0.1) is 0 Å². The van der Waals surface area contributed by atoms with E-state index in [9.17, 15) is 19.3 Å². The first-order valence-corrected chi connectivity index (χ1v) is 7.23. The Balaban J connectivity index is 3.09. The van der Waals surface area contributed by atoms with Crippen LogP contribution in [0.1, 0.15) is 23.7 Å². The van der Waals surface area contributed by atoms with Gasteiger partial charge in [-0.2, -0.15) is 11.8 Å². The van der Waals surface area contributed by atoms with E-state index in [4.69, 9.17) is 5.11 Å². The highest BCUT2D eigenvalue weighted by Crippen LogP contribution is 2.29. The third-order valence-corrected chi connectivity index (χ3v) is 3.31. The maximum atomic E-state index is 13.6. The van der Waals surface area contributed by atoms with E-state index >= 15 is 0 Å². The van der Waals surface area contributed by atoms with E-state index in [2.05, 4.69) is 5.32 Å². The molecule has 0 aliphatic heterocycles. The number of rotatable bonds is 7. The predicted octanol–water partition coefficient (Wildman–Crippen LogP) is 2.99. The normalized spacial score (nSPS) is 11.9. The first-order valence-electron chi connectivity index (χ1n) is 5.83. The lowest BCUT2D eigenvalue weighted by Gasteiger charge is -2.15. The fraction of sp³-hybridized carbons (Fsp3) is 0.417. The lowest BCUT2D eigenvalue weighted by atomic mass is 10.1. The number of hydrogen-bond donors (Lipinski definition) is 2. The molecule has 0 amide bonds. The molecule has 1 atom stereocenters. The van der Waals surface area contributed by atoms with Crippen LogP contribution in [-0.4, -0.2) is 34.0 Å². The van der Waals surface area contributed by atoms with E-state index in [-0.39, 0.29) is 11.7 Å². The summed E-state index contributed by atoms with van der Waals surface area (Å²) in [6, 6.07) is 1.51. The first kappa shape index (κ1) is 16.2. The van der Waals surface area contributed by atoms with Crippen molar-refractivity contribution in [3.8, 4) is 0 Å².